The first kappa shape index (κ1) is 13.6. The van der Waals surface area contributed by atoms with E-state index in [4.69, 9.17) is 5.73 Å². The Morgan fingerprint density at radius 1 is 1.53 bits per heavy atom. The zero-order chi connectivity index (χ0) is 13.9. The van der Waals surface area contributed by atoms with E-state index in [2.05, 4.69) is 19.8 Å². The number of nitrogens with two attached hydrogens (primary N) is 1. The minimum absolute atomic E-state index is 0.0101. The Morgan fingerprint density at radius 2 is 2.32 bits per heavy atom. The average molecular weight is 284 g/mol. The Balaban J connectivity index is 2.03. The summed E-state index contributed by atoms with van der Waals surface area (Å²) < 4.78 is 28.0. The number of nitrogen functional groups attached to an aromatic ring is 1. The first-order valence-corrected chi connectivity index (χ1v) is 7.31. The van der Waals surface area contributed by atoms with Gasteiger partial charge in [0.1, 0.15) is 4.90 Å². The average Bonchev–Trinajstić information content (AvgIpc) is 2.98. The van der Waals surface area contributed by atoms with Crippen molar-refractivity contribution in [3.05, 3.63) is 24.4 Å². The van der Waals surface area contributed by atoms with Crippen molar-refractivity contribution >= 4 is 15.8 Å². The summed E-state index contributed by atoms with van der Waals surface area (Å²) in [6, 6.07) is 0. The van der Waals surface area contributed by atoms with Crippen LogP contribution in [0.5, 0.6) is 0 Å². The number of nitrogens with one attached hydrogen (secondary N) is 2. The van der Waals surface area contributed by atoms with Gasteiger partial charge in [-0.2, -0.15) is 5.10 Å². The summed E-state index contributed by atoms with van der Waals surface area (Å²) >= 11 is 0. The SMILES string of the molecule is CCn1cc(S(=O)(=O)NCCc2cnc[nH]2)c(N)n1. The highest BCUT2D eigenvalue weighted by molar-refractivity contribution is 7.89. The van der Waals surface area contributed by atoms with E-state index < -0.39 is 10.0 Å². The van der Waals surface area contributed by atoms with E-state index >= 15 is 0 Å². The van der Waals surface area contributed by atoms with Gasteiger partial charge in [0.15, 0.2) is 5.82 Å². The van der Waals surface area contributed by atoms with E-state index in [1.54, 1.807) is 12.5 Å². The van der Waals surface area contributed by atoms with E-state index in [1.165, 1.54) is 10.9 Å². The van der Waals surface area contributed by atoms with Gasteiger partial charge < -0.3 is 10.7 Å². The second kappa shape index (κ2) is 5.41. The number of aryl methyl sites for hydroxylation is 1. The summed E-state index contributed by atoms with van der Waals surface area (Å²) in [7, 11) is -3.63. The number of sulfonamides is 1. The molecule has 0 aliphatic carbocycles. The van der Waals surface area contributed by atoms with Crippen LogP contribution in [-0.4, -0.2) is 34.7 Å². The first-order chi connectivity index (χ1) is 9.03. The van der Waals surface area contributed by atoms with Crippen molar-refractivity contribution in [1.82, 2.24) is 24.5 Å². The van der Waals surface area contributed by atoms with E-state index in [0.717, 1.165) is 5.69 Å². The highest BCUT2D eigenvalue weighted by Gasteiger charge is 2.20. The number of rotatable bonds is 6. The van der Waals surface area contributed by atoms with E-state index in [0.29, 0.717) is 13.0 Å². The molecule has 2 aromatic rings. The van der Waals surface area contributed by atoms with E-state index in [9.17, 15) is 8.42 Å². The van der Waals surface area contributed by atoms with Crippen molar-refractivity contribution in [2.75, 3.05) is 12.3 Å². The monoisotopic (exact) mass is 284 g/mol. The van der Waals surface area contributed by atoms with Crippen LogP contribution in [0, 0.1) is 0 Å². The summed E-state index contributed by atoms with van der Waals surface area (Å²) in [5.41, 5.74) is 6.46. The molecule has 0 radical (unpaired) electrons. The third kappa shape index (κ3) is 3.12. The zero-order valence-electron chi connectivity index (χ0n) is 10.5. The molecule has 0 saturated heterocycles. The molecule has 0 spiro atoms. The van der Waals surface area contributed by atoms with Gasteiger partial charge in [0.05, 0.1) is 6.33 Å². The topological polar surface area (TPSA) is 119 Å². The molecule has 104 valence electrons. The maximum atomic E-state index is 12.0. The standard InChI is InChI=1S/C10H16N6O2S/c1-2-16-6-9(10(11)15-16)19(17,18)14-4-3-8-5-12-7-13-8/h5-7,14H,2-4H2,1H3,(H2,11,15)(H,12,13). The molecule has 0 fully saturated rings. The lowest BCUT2D eigenvalue weighted by Crippen LogP contribution is -2.26. The lowest BCUT2D eigenvalue weighted by molar-refractivity contribution is 0.581. The smallest absolute Gasteiger partial charge is 0.245 e. The number of nitrogens with zero attached hydrogens (tertiary/aromatic N) is 3. The molecule has 0 aromatic carbocycles. The van der Waals surface area contributed by atoms with Crippen LogP contribution >= 0.6 is 0 Å². The quantitative estimate of drug-likeness (QED) is 0.674. The third-order valence-electron chi connectivity index (χ3n) is 2.61. The molecule has 4 N–H and O–H groups in total. The van der Waals surface area contributed by atoms with Crippen molar-refractivity contribution in [3.8, 4) is 0 Å². The van der Waals surface area contributed by atoms with Gasteiger partial charge in [-0.25, -0.2) is 18.1 Å². The molecule has 0 atom stereocenters. The van der Waals surface area contributed by atoms with Crippen LogP contribution in [0.3, 0.4) is 0 Å². The number of aromatic amines is 1. The molecule has 0 unspecified atom stereocenters. The number of imidazole rings is 1. The van der Waals surface area contributed by atoms with Crippen LogP contribution in [-0.2, 0) is 23.0 Å². The Bertz CT molecular complexity index is 631. The van der Waals surface area contributed by atoms with Crippen LogP contribution in [0.1, 0.15) is 12.6 Å². The van der Waals surface area contributed by atoms with Gasteiger partial charge in [-0.05, 0) is 6.92 Å². The molecule has 0 bridgehead atoms. The van der Waals surface area contributed by atoms with Crippen molar-refractivity contribution < 1.29 is 8.42 Å². The van der Waals surface area contributed by atoms with Crippen LogP contribution in [0.25, 0.3) is 0 Å². The molecule has 0 aliphatic heterocycles. The van der Waals surface area contributed by atoms with Gasteiger partial charge in [0.2, 0.25) is 10.0 Å². The second-order valence-electron chi connectivity index (χ2n) is 3.96. The summed E-state index contributed by atoms with van der Waals surface area (Å²) in [6.45, 7) is 2.68. The number of hydrogen-bond acceptors (Lipinski definition) is 5. The third-order valence-corrected chi connectivity index (χ3v) is 4.09. The lowest BCUT2D eigenvalue weighted by atomic mass is 10.3. The van der Waals surface area contributed by atoms with Crippen LogP contribution in [0.15, 0.2) is 23.6 Å². The summed E-state index contributed by atoms with van der Waals surface area (Å²) in [5, 5.41) is 3.91. The van der Waals surface area contributed by atoms with Crippen molar-refractivity contribution in [2.24, 2.45) is 0 Å². The second-order valence-corrected chi connectivity index (χ2v) is 5.69. The maximum absolute atomic E-state index is 12.0. The highest BCUT2D eigenvalue weighted by Crippen LogP contribution is 2.15. The number of H-pyrrole nitrogens is 1. The van der Waals surface area contributed by atoms with Crippen molar-refractivity contribution in [1.29, 1.82) is 0 Å². The lowest BCUT2D eigenvalue weighted by Gasteiger charge is -2.04. The van der Waals surface area contributed by atoms with Gasteiger partial charge in [0.25, 0.3) is 0 Å². The molecule has 2 rings (SSSR count). The molecular formula is C10H16N6O2S. The summed E-state index contributed by atoms with van der Waals surface area (Å²) in [6.07, 6.45) is 5.15. The molecule has 0 saturated carbocycles. The van der Waals surface area contributed by atoms with Gasteiger partial charge in [-0.1, -0.05) is 0 Å². The van der Waals surface area contributed by atoms with Crippen LogP contribution in [0.4, 0.5) is 5.82 Å². The predicted octanol–water partition coefficient (Wildman–Crippen LogP) is -0.271. The molecule has 19 heavy (non-hydrogen) atoms. The van der Waals surface area contributed by atoms with Crippen LogP contribution in [0.2, 0.25) is 0 Å². The summed E-state index contributed by atoms with van der Waals surface area (Å²) in [5.74, 6) is 0.0101. The van der Waals surface area contributed by atoms with Gasteiger partial charge >= 0.3 is 0 Å². The van der Waals surface area contributed by atoms with E-state index in [1.807, 2.05) is 6.92 Å². The number of anilines is 1. The summed E-state index contributed by atoms with van der Waals surface area (Å²) in [4.78, 5) is 6.77. The molecule has 0 amide bonds. The van der Waals surface area contributed by atoms with Crippen LogP contribution < -0.4 is 10.5 Å². The molecule has 0 aliphatic rings. The largest absolute Gasteiger partial charge is 0.381 e. The molecule has 8 nitrogen and oxygen atoms in total. The fraction of sp³-hybridized carbons (Fsp3) is 0.400. The number of aromatic nitrogens is 4. The molecule has 2 aromatic heterocycles. The normalized spacial score (nSPS) is 11.8. The van der Waals surface area contributed by atoms with Gasteiger partial charge in [-0.15, -0.1) is 0 Å². The zero-order valence-corrected chi connectivity index (χ0v) is 11.3. The minimum Gasteiger partial charge on any atom is -0.381 e. The maximum Gasteiger partial charge on any atom is 0.245 e. The Kier molecular flexibility index (Phi) is 3.86. The fourth-order valence-electron chi connectivity index (χ4n) is 1.61. The Labute approximate surface area is 111 Å². The van der Waals surface area contributed by atoms with Crippen molar-refractivity contribution in [3.63, 3.8) is 0 Å². The minimum atomic E-state index is -3.63. The van der Waals surface area contributed by atoms with Gasteiger partial charge in [-0.3, -0.25) is 4.68 Å². The predicted molar refractivity (Wildman–Crippen MR) is 69.8 cm³/mol. The fourth-order valence-corrected chi connectivity index (χ4v) is 2.71. The van der Waals surface area contributed by atoms with Crippen molar-refractivity contribution in [2.45, 2.75) is 24.8 Å². The molecule has 2 heterocycles. The van der Waals surface area contributed by atoms with Gasteiger partial charge in [0, 0.05) is 37.6 Å². The van der Waals surface area contributed by atoms with E-state index in [-0.39, 0.29) is 17.3 Å². The Hall–Kier alpha value is -1.87. The Morgan fingerprint density at radius 3 is 2.89 bits per heavy atom. The number of hydrogen-bond donors (Lipinski definition) is 3. The molecular weight excluding hydrogens is 268 g/mol. The first-order valence-electron chi connectivity index (χ1n) is 5.82. The highest BCUT2D eigenvalue weighted by atomic mass is 32.2. The molecule has 9 heteroatoms.